The van der Waals surface area contributed by atoms with E-state index in [1.807, 2.05) is 13.8 Å². The van der Waals surface area contributed by atoms with Crippen LogP contribution >= 0.6 is 0 Å². The van der Waals surface area contributed by atoms with Gasteiger partial charge in [-0.25, -0.2) is 0 Å². The zero-order valence-corrected chi connectivity index (χ0v) is 17.2. The first-order valence-electron chi connectivity index (χ1n) is 9.78. The van der Waals surface area contributed by atoms with Crippen molar-refractivity contribution < 1.29 is 19.0 Å². The zero-order chi connectivity index (χ0) is 21.1. The molecule has 1 aromatic carbocycles. The lowest BCUT2D eigenvalue weighted by atomic mass is 10.1. The van der Waals surface area contributed by atoms with Gasteiger partial charge in [-0.15, -0.1) is 0 Å². The number of aromatic amines is 1. The average Bonchev–Trinajstić information content (AvgIpc) is 3.15. The maximum atomic E-state index is 12.7. The smallest absolute Gasteiger partial charge is 0.254 e. The summed E-state index contributed by atoms with van der Waals surface area (Å²) in [5.41, 5.74) is 2.53. The van der Waals surface area contributed by atoms with Gasteiger partial charge < -0.3 is 24.4 Å². The Morgan fingerprint density at radius 1 is 1.30 bits per heavy atom. The van der Waals surface area contributed by atoms with Gasteiger partial charge in [0.15, 0.2) is 5.65 Å². The number of carbonyl (C=O) groups is 1. The molecule has 10 nitrogen and oxygen atoms in total. The highest BCUT2D eigenvalue weighted by atomic mass is 16.5. The molecule has 0 bridgehead atoms. The third kappa shape index (κ3) is 3.86. The fraction of sp³-hybridized carbons (Fsp3) is 0.400. The molecule has 1 fully saturated rings. The number of anilines is 2. The molecule has 3 aromatic rings. The number of nitrogens with one attached hydrogen (secondary N) is 2. The molecule has 0 spiro atoms. The molecule has 2 aromatic heterocycles. The second-order valence-corrected chi connectivity index (χ2v) is 6.76. The van der Waals surface area contributed by atoms with Crippen LogP contribution in [0.2, 0.25) is 0 Å². The molecule has 1 saturated heterocycles. The molecule has 0 radical (unpaired) electrons. The van der Waals surface area contributed by atoms with Crippen LogP contribution < -0.4 is 14.8 Å². The van der Waals surface area contributed by atoms with Crippen molar-refractivity contribution in [2.45, 2.75) is 13.8 Å². The maximum Gasteiger partial charge on any atom is 0.254 e. The predicted molar refractivity (Wildman–Crippen MR) is 111 cm³/mol. The highest BCUT2D eigenvalue weighted by Gasteiger charge is 2.20. The number of fused-ring (bicyclic) bond motifs is 1. The predicted octanol–water partition coefficient (Wildman–Crippen LogP) is 2.28. The number of aromatic nitrogens is 4. The number of hydrogen-bond acceptors (Lipinski definition) is 8. The highest BCUT2D eigenvalue weighted by molar-refractivity contribution is 5.95. The largest absolute Gasteiger partial charge is 0.495 e. The minimum absolute atomic E-state index is 0.0487. The van der Waals surface area contributed by atoms with E-state index in [1.54, 1.807) is 30.2 Å². The minimum Gasteiger partial charge on any atom is -0.495 e. The molecular weight excluding hydrogens is 388 g/mol. The second kappa shape index (κ2) is 8.54. The number of rotatable bonds is 6. The van der Waals surface area contributed by atoms with Crippen molar-refractivity contribution in [1.82, 2.24) is 25.1 Å². The van der Waals surface area contributed by atoms with E-state index in [2.05, 4.69) is 25.5 Å². The number of morpholine rings is 1. The third-order valence-electron chi connectivity index (χ3n) is 4.84. The van der Waals surface area contributed by atoms with Crippen molar-refractivity contribution in [3.8, 4) is 11.6 Å². The van der Waals surface area contributed by atoms with Crippen LogP contribution in [0.4, 0.5) is 11.6 Å². The molecule has 0 unspecified atom stereocenters. The van der Waals surface area contributed by atoms with E-state index >= 15 is 0 Å². The van der Waals surface area contributed by atoms with Gasteiger partial charge in [-0.2, -0.15) is 15.1 Å². The first-order chi connectivity index (χ1) is 14.6. The number of nitrogens with zero attached hydrogens (tertiary/aromatic N) is 4. The molecule has 30 heavy (non-hydrogen) atoms. The van der Waals surface area contributed by atoms with Crippen LogP contribution in [-0.4, -0.2) is 71.0 Å². The molecule has 2 N–H and O–H groups in total. The quantitative estimate of drug-likeness (QED) is 0.634. The summed E-state index contributed by atoms with van der Waals surface area (Å²) in [5.74, 6) is 1.25. The van der Waals surface area contributed by atoms with Gasteiger partial charge >= 0.3 is 0 Å². The van der Waals surface area contributed by atoms with Gasteiger partial charge in [0, 0.05) is 18.7 Å². The van der Waals surface area contributed by atoms with E-state index in [1.165, 1.54) is 0 Å². The number of ether oxygens (including phenoxy) is 3. The highest BCUT2D eigenvalue weighted by Crippen LogP contribution is 2.31. The van der Waals surface area contributed by atoms with Gasteiger partial charge in [-0.3, -0.25) is 9.89 Å². The number of carbonyl (C=O) groups excluding carboxylic acids is 1. The third-order valence-corrected chi connectivity index (χ3v) is 4.84. The van der Waals surface area contributed by atoms with Crippen LogP contribution in [0.1, 0.15) is 23.0 Å². The van der Waals surface area contributed by atoms with Gasteiger partial charge in [-0.05, 0) is 32.0 Å². The first kappa shape index (κ1) is 19.9. The van der Waals surface area contributed by atoms with Crippen molar-refractivity contribution in [2.24, 2.45) is 0 Å². The van der Waals surface area contributed by atoms with Gasteiger partial charge in [0.2, 0.25) is 11.8 Å². The van der Waals surface area contributed by atoms with Crippen molar-refractivity contribution in [3.05, 3.63) is 29.5 Å². The summed E-state index contributed by atoms with van der Waals surface area (Å²) in [5, 5.41) is 11.0. The van der Waals surface area contributed by atoms with Gasteiger partial charge in [0.1, 0.15) is 11.1 Å². The maximum absolute atomic E-state index is 12.7. The van der Waals surface area contributed by atoms with E-state index in [9.17, 15) is 4.79 Å². The lowest BCUT2D eigenvalue weighted by Gasteiger charge is -2.27. The molecule has 10 heteroatoms. The Labute approximate surface area is 173 Å². The summed E-state index contributed by atoms with van der Waals surface area (Å²) in [4.78, 5) is 23.5. The van der Waals surface area contributed by atoms with E-state index < -0.39 is 0 Å². The van der Waals surface area contributed by atoms with Gasteiger partial charge in [0.05, 0.1) is 38.3 Å². The summed E-state index contributed by atoms with van der Waals surface area (Å²) in [6.45, 7) is 6.50. The van der Waals surface area contributed by atoms with Crippen molar-refractivity contribution in [2.75, 3.05) is 45.3 Å². The number of hydrogen-bond donors (Lipinski definition) is 2. The Morgan fingerprint density at radius 3 is 2.83 bits per heavy atom. The topological polar surface area (TPSA) is 114 Å². The Balaban J connectivity index is 1.62. The second-order valence-electron chi connectivity index (χ2n) is 6.76. The molecule has 4 rings (SSSR count). The average molecular weight is 412 g/mol. The molecule has 0 aliphatic carbocycles. The van der Waals surface area contributed by atoms with Crippen LogP contribution in [0.5, 0.6) is 11.6 Å². The van der Waals surface area contributed by atoms with E-state index in [0.29, 0.717) is 67.4 Å². The Bertz CT molecular complexity index is 1060. The number of methoxy groups -OCH3 is 1. The van der Waals surface area contributed by atoms with Crippen molar-refractivity contribution in [3.63, 3.8) is 0 Å². The van der Waals surface area contributed by atoms with Crippen LogP contribution in [0.25, 0.3) is 11.0 Å². The summed E-state index contributed by atoms with van der Waals surface area (Å²) in [6.07, 6.45) is 0. The number of benzene rings is 1. The van der Waals surface area contributed by atoms with E-state index in [4.69, 9.17) is 14.2 Å². The molecular formula is C20H24N6O4. The molecule has 0 saturated carbocycles. The lowest BCUT2D eigenvalue weighted by molar-refractivity contribution is 0.0302. The van der Waals surface area contributed by atoms with E-state index in [0.717, 1.165) is 11.1 Å². The molecule has 158 valence electrons. The fourth-order valence-electron chi connectivity index (χ4n) is 3.33. The van der Waals surface area contributed by atoms with E-state index in [-0.39, 0.29) is 5.91 Å². The van der Waals surface area contributed by atoms with Crippen LogP contribution in [0.3, 0.4) is 0 Å². The SMILES string of the molecule is CCOc1nc(Nc2ccc(C(=O)N3CCOCC3)cc2OC)nc2[nH]nc(C)c12. The standard InChI is InChI=1S/C20H24N6O4/c1-4-30-18-16-12(2)24-25-17(16)22-20(23-18)21-14-6-5-13(11-15(14)28-3)19(27)26-7-9-29-10-8-26/h5-6,11H,4,7-10H2,1-3H3,(H2,21,22,23,24,25). The van der Waals surface area contributed by atoms with Crippen LogP contribution in [-0.2, 0) is 4.74 Å². The van der Waals surface area contributed by atoms with Crippen molar-refractivity contribution in [1.29, 1.82) is 0 Å². The van der Waals surface area contributed by atoms with Crippen LogP contribution in [0.15, 0.2) is 18.2 Å². The molecule has 1 amide bonds. The lowest BCUT2D eigenvalue weighted by Crippen LogP contribution is -2.40. The number of H-pyrrole nitrogens is 1. The summed E-state index contributed by atoms with van der Waals surface area (Å²) in [7, 11) is 1.55. The number of amides is 1. The molecule has 1 aliphatic heterocycles. The minimum atomic E-state index is -0.0487. The molecule has 3 heterocycles. The number of aryl methyl sites for hydroxylation is 1. The summed E-state index contributed by atoms with van der Waals surface area (Å²) in [6, 6.07) is 5.24. The Kier molecular flexibility index (Phi) is 5.66. The fourth-order valence-corrected chi connectivity index (χ4v) is 3.33. The first-order valence-corrected chi connectivity index (χ1v) is 9.78. The zero-order valence-electron chi connectivity index (χ0n) is 17.2. The van der Waals surface area contributed by atoms with Crippen LogP contribution in [0, 0.1) is 6.92 Å². The normalized spacial score (nSPS) is 14.0. The summed E-state index contributed by atoms with van der Waals surface area (Å²) >= 11 is 0. The Hall–Kier alpha value is -3.40. The van der Waals surface area contributed by atoms with Crippen molar-refractivity contribution >= 4 is 28.6 Å². The summed E-state index contributed by atoms with van der Waals surface area (Å²) < 4.78 is 16.5. The monoisotopic (exact) mass is 412 g/mol. The Morgan fingerprint density at radius 2 is 2.10 bits per heavy atom. The van der Waals surface area contributed by atoms with Gasteiger partial charge in [-0.1, -0.05) is 0 Å². The molecule has 0 atom stereocenters. The van der Waals surface area contributed by atoms with Gasteiger partial charge in [0.25, 0.3) is 5.91 Å². The molecule has 1 aliphatic rings.